The highest BCUT2D eigenvalue weighted by Crippen LogP contribution is 2.35. The Bertz CT molecular complexity index is 1040. The lowest BCUT2D eigenvalue weighted by atomic mass is 9.93. The minimum absolute atomic E-state index is 0.000403. The number of anilines is 1. The second kappa shape index (κ2) is 9.47. The van der Waals surface area contributed by atoms with Crippen LogP contribution < -0.4 is 10.2 Å². The van der Waals surface area contributed by atoms with E-state index in [9.17, 15) is 18.8 Å². The van der Waals surface area contributed by atoms with Gasteiger partial charge in [-0.15, -0.1) is 0 Å². The monoisotopic (exact) mass is 446 g/mol. The molecule has 3 rings (SSSR count). The van der Waals surface area contributed by atoms with E-state index in [1.165, 1.54) is 33.8 Å². The molecule has 2 aromatic rings. The maximum absolute atomic E-state index is 13.7. The van der Waals surface area contributed by atoms with Crippen LogP contribution >= 0.6 is 0 Å². The standard InChI is InChI=1S/C22H27FN4O5/c1-5-32-20(29)16-12-18-19(28)27(17-8-7-15(23)11-14(17)2)22(3,13-26(18)25-16)21(30)24-9-6-10-31-4/h7-8,11-12H,5-6,9-10,13H2,1-4H3,(H,24,30). The van der Waals surface area contributed by atoms with E-state index in [2.05, 4.69) is 10.4 Å². The van der Waals surface area contributed by atoms with Crippen LogP contribution in [0.2, 0.25) is 0 Å². The first-order valence-corrected chi connectivity index (χ1v) is 10.4. The van der Waals surface area contributed by atoms with Gasteiger partial charge in [-0.3, -0.25) is 19.2 Å². The highest BCUT2D eigenvalue weighted by atomic mass is 19.1. The van der Waals surface area contributed by atoms with Crippen LogP contribution in [0.25, 0.3) is 0 Å². The maximum atomic E-state index is 13.7. The van der Waals surface area contributed by atoms with E-state index in [-0.39, 0.29) is 24.5 Å². The summed E-state index contributed by atoms with van der Waals surface area (Å²) < 4.78 is 25.1. The molecule has 0 saturated carbocycles. The minimum Gasteiger partial charge on any atom is -0.461 e. The summed E-state index contributed by atoms with van der Waals surface area (Å²) in [5.74, 6) is -2.03. The molecule has 0 radical (unpaired) electrons. The fourth-order valence-corrected chi connectivity index (χ4v) is 3.74. The SMILES string of the molecule is CCOC(=O)c1cc2n(n1)CC(C)(C(=O)NCCCOC)N(c1ccc(F)cc1C)C2=O. The number of rotatable bonds is 8. The third kappa shape index (κ3) is 4.36. The van der Waals surface area contributed by atoms with Crippen molar-refractivity contribution in [2.24, 2.45) is 0 Å². The number of nitrogens with zero attached hydrogens (tertiary/aromatic N) is 3. The van der Waals surface area contributed by atoms with Gasteiger partial charge in [0, 0.05) is 32.0 Å². The summed E-state index contributed by atoms with van der Waals surface area (Å²) in [7, 11) is 1.57. The summed E-state index contributed by atoms with van der Waals surface area (Å²) >= 11 is 0. The molecule has 1 aliphatic heterocycles. The number of nitrogens with one attached hydrogen (secondary N) is 1. The number of aryl methyl sites for hydroxylation is 1. The lowest BCUT2D eigenvalue weighted by Crippen LogP contribution is -2.64. The molecule has 32 heavy (non-hydrogen) atoms. The van der Waals surface area contributed by atoms with Crippen molar-refractivity contribution in [2.45, 2.75) is 39.3 Å². The lowest BCUT2D eigenvalue weighted by molar-refractivity contribution is -0.126. The number of methoxy groups -OCH3 is 1. The van der Waals surface area contributed by atoms with E-state index in [0.717, 1.165) is 0 Å². The quantitative estimate of drug-likeness (QED) is 0.492. The first-order valence-electron chi connectivity index (χ1n) is 10.4. The van der Waals surface area contributed by atoms with Crippen LogP contribution in [0.3, 0.4) is 0 Å². The first kappa shape index (κ1) is 23.4. The summed E-state index contributed by atoms with van der Waals surface area (Å²) in [6, 6.07) is 5.36. The third-order valence-corrected chi connectivity index (χ3v) is 5.34. The van der Waals surface area contributed by atoms with Crippen molar-refractivity contribution in [3.63, 3.8) is 0 Å². The van der Waals surface area contributed by atoms with Crippen molar-refractivity contribution < 1.29 is 28.2 Å². The molecule has 0 fully saturated rings. The molecule has 1 aromatic carbocycles. The average Bonchev–Trinajstić information content (AvgIpc) is 3.17. The minimum atomic E-state index is -1.38. The highest BCUT2D eigenvalue weighted by molar-refractivity contribution is 6.12. The summed E-state index contributed by atoms with van der Waals surface area (Å²) in [6.07, 6.45) is 0.599. The molecule has 0 spiro atoms. The van der Waals surface area contributed by atoms with Crippen LogP contribution in [0.5, 0.6) is 0 Å². The number of hydrogen-bond acceptors (Lipinski definition) is 6. The fraction of sp³-hybridized carbons (Fsp3) is 0.455. The van der Waals surface area contributed by atoms with E-state index in [0.29, 0.717) is 30.8 Å². The van der Waals surface area contributed by atoms with Gasteiger partial charge in [-0.1, -0.05) is 0 Å². The van der Waals surface area contributed by atoms with Gasteiger partial charge >= 0.3 is 5.97 Å². The van der Waals surface area contributed by atoms with Crippen molar-refractivity contribution in [1.29, 1.82) is 0 Å². The normalized spacial score (nSPS) is 17.8. The van der Waals surface area contributed by atoms with E-state index in [1.54, 1.807) is 27.9 Å². The zero-order valence-electron chi connectivity index (χ0n) is 18.6. The highest BCUT2D eigenvalue weighted by Gasteiger charge is 2.49. The molecular weight excluding hydrogens is 419 g/mol. The Balaban J connectivity index is 2.05. The first-order chi connectivity index (χ1) is 15.2. The van der Waals surface area contributed by atoms with E-state index >= 15 is 0 Å². The second-order valence-corrected chi connectivity index (χ2v) is 7.74. The van der Waals surface area contributed by atoms with Gasteiger partial charge in [0.2, 0.25) is 5.91 Å². The zero-order valence-corrected chi connectivity index (χ0v) is 18.6. The Kier molecular flexibility index (Phi) is 6.93. The van der Waals surface area contributed by atoms with Crippen molar-refractivity contribution in [3.8, 4) is 0 Å². The second-order valence-electron chi connectivity index (χ2n) is 7.74. The predicted molar refractivity (Wildman–Crippen MR) is 114 cm³/mol. The molecule has 1 aromatic heterocycles. The number of carbonyl (C=O) groups excluding carboxylic acids is 3. The molecule has 1 atom stereocenters. The number of benzene rings is 1. The Hall–Kier alpha value is -3.27. The van der Waals surface area contributed by atoms with E-state index in [1.807, 2.05) is 0 Å². The number of esters is 1. The fourth-order valence-electron chi connectivity index (χ4n) is 3.74. The van der Waals surface area contributed by atoms with Gasteiger partial charge in [0.05, 0.1) is 13.2 Å². The third-order valence-electron chi connectivity index (χ3n) is 5.34. The van der Waals surface area contributed by atoms with Gasteiger partial charge in [-0.2, -0.15) is 5.10 Å². The summed E-state index contributed by atoms with van der Waals surface area (Å²) in [6.45, 7) is 5.95. The Morgan fingerprint density at radius 2 is 2.06 bits per heavy atom. The maximum Gasteiger partial charge on any atom is 0.358 e. The van der Waals surface area contributed by atoms with Crippen LogP contribution in [0, 0.1) is 12.7 Å². The van der Waals surface area contributed by atoms with E-state index in [4.69, 9.17) is 9.47 Å². The number of carbonyl (C=O) groups is 3. The van der Waals surface area contributed by atoms with Gasteiger partial charge in [-0.05, 0) is 51.0 Å². The molecule has 0 saturated heterocycles. The Morgan fingerprint density at radius 3 is 2.72 bits per heavy atom. The molecule has 0 aliphatic carbocycles. The molecule has 10 heteroatoms. The number of aromatic nitrogens is 2. The van der Waals surface area contributed by atoms with Gasteiger partial charge in [0.15, 0.2) is 5.69 Å². The molecule has 9 nitrogen and oxygen atoms in total. The Labute approximate surface area is 185 Å². The van der Waals surface area contributed by atoms with Gasteiger partial charge < -0.3 is 14.8 Å². The zero-order chi connectivity index (χ0) is 23.5. The molecule has 0 bridgehead atoms. The smallest absolute Gasteiger partial charge is 0.358 e. The van der Waals surface area contributed by atoms with Crippen LogP contribution in [-0.4, -0.2) is 60.0 Å². The largest absolute Gasteiger partial charge is 0.461 e. The van der Waals surface area contributed by atoms with Gasteiger partial charge in [0.1, 0.15) is 17.1 Å². The number of hydrogen-bond donors (Lipinski definition) is 1. The number of amides is 2. The van der Waals surface area contributed by atoms with Crippen molar-refractivity contribution in [1.82, 2.24) is 15.1 Å². The molecular formula is C22H27FN4O5. The summed E-state index contributed by atoms with van der Waals surface area (Å²) in [4.78, 5) is 40.4. The van der Waals surface area contributed by atoms with Gasteiger partial charge in [0.25, 0.3) is 5.91 Å². The lowest BCUT2D eigenvalue weighted by Gasteiger charge is -2.43. The number of ether oxygens (including phenoxy) is 2. The predicted octanol–water partition coefficient (Wildman–Crippen LogP) is 2.08. The Morgan fingerprint density at radius 1 is 1.31 bits per heavy atom. The molecule has 1 aliphatic rings. The van der Waals surface area contributed by atoms with Crippen molar-refractivity contribution in [3.05, 3.63) is 47.0 Å². The summed E-state index contributed by atoms with van der Waals surface area (Å²) in [5, 5.41) is 7.05. The van der Waals surface area contributed by atoms with Crippen LogP contribution in [0.15, 0.2) is 24.3 Å². The van der Waals surface area contributed by atoms with Crippen molar-refractivity contribution in [2.75, 3.05) is 31.8 Å². The summed E-state index contributed by atoms with van der Waals surface area (Å²) in [5.41, 5.74) is -0.360. The molecule has 1 N–H and O–H groups in total. The number of halogens is 1. The van der Waals surface area contributed by atoms with E-state index < -0.39 is 29.1 Å². The van der Waals surface area contributed by atoms with Gasteiger partial charge in [-0.25, -0.2) is 9.18 Å². The topological polar surface area (TPSA) is 103 Å². The molecule has 2 heterocycles. The molecule has 2 amide bonds. The molecule has 172 valence electrons. The van der Waals surface area contributed by atoms with Crippen LogP contribution in [0.1, 0.15) is 46.8 Å². The average molecular weight is 446 g/mol. The molecule has 1 unspecified atom stereocenters. The van der Waals surface area contributed by atoms with Crippen molar-refractivity contribution >= 4 is 23.5 Å². The van der Waals surface area contributed by atoms with Crippen LogP contribution in [0.4, 0.5) is 10.1 Å². The van der Waals surface area contributed by atoms with Crippen LogP contribution in [-0.2, 0) is 20.8 Å². The number of fused-ring (bicyclic) bond motifs is 1.